The zero-order chi connectivity index (χ0) is 16.1. The number of hydrogen-bond donors (Lipinski definition) is 2. The Balaban J connectivity index is 2.02. The summed E-state index contributed by atoms with van der Waals surface area (Å²) in [7, 11) is 0. The van der Waals surface area contributed by atoms with Crippen LogP contribution >= 0.6 is 0 Å². The third-order valence-electron chi connectivity index (χ3n) is 3.76. The topological polar surface area (TPSA) is 41.1 Å². The molecule has 0 saturated heterocycles. The van der Waals surface area contributed by atoms with E-state index in [0.29, 0.717) is 5.92 Å². The monoisotopic (exact) mass is 296 g/mol. The minimum Gasteiger partial charge on any atom is -0.376 e. The van der Waals surface area contributed by atoms with Crippen molar-refractivity contribution in [2.45, 2.75) is 33.6 Å². The number of para-hydroxylation sites is 2. The summed E-state index contributed by atoms with van der Waals surface area (Å²) in [5.74, 6) is 0.346. The number of carbonyl (C=O) groups is 1. The summed E-state index contributed by atoms with van der Waals surface area (Å²) < 4.78 is 0. The Labute approximate surface area is 132 Å². The second-order valence-corrected chi connectivity index (χ2v) is 5.91. The molecule has 0 unspecified atom stereocenters. The van der Waals surface area contributed by atoms with E-state index in [1.165, 1.54) is 0 Å². The molecule has 2 aromatic rings. The van der Waals surface area contributed by atoms with Crippen molar-refractivity contribution in [2.75, 3.05) is 17.2 Å². The molecular formula is C19H24N2O. The van der Waals surface area contributed by atoms with Crippen LogP contribution in [-0.4, -0.2) is 12.5 Å². The highest BCUT2D eigenvalue weighted by Crippen LogP contribution is 2.24. The van der Waals surface area contributed by atoms with Crippen LogP contribution in [0.3, 0.4) is 0 Å². The van der Waals surface area contributed by atoms with Gasteiger partial charge in [0.25, 0.3) is 0 Å². The molecule has 0 aliphatic rings. The van der Waals surface area contributed by atoms with Gasteiger partial charge < -0.3 is 10.6 Å². The highest BCUT2D eigenvalue weighted by Gasteiger charge is 2.10. The van der Waals surface area contributed by atoms with E-state index in [1.54, 1.807) is 0 Å². The molecular weight excluding hydrogens is 272 g/mol. The predicted molar refractivity (Wildman–Crippen MR) is 93.6 cm³/mol. The summed E-state index contributed by atoms with van der Waals surface area (Å²) in [6, 6.07) is 14.1. The van der Waals surface area contributed by atoms with E-state index in [0.717, 1.165) is 28.1 Å². The fourth-order valence-corrected chi connectivity index (χ4v) is 2.57. The van der Waals surface area contributed by atoms with Gasteiger partial charge in [0, 0.05) is 11.4 Å². The first kappa shape index (κ1) is 16.1. The third kappa shape index (κ3) is 3.88. The quantitative estimate of drug-likeness (QED) is 0.854. The number of carbonyl (C=O) groups excluding carboxylic acids is 1. The minimum absolute atomic E-state index is 0.0317. The molecule has 0 bridgehead atoms. The van der Waals surface area contributed by atoms with Crippen molar-refractivity contribution in [3.63, 3.8) is 0 Å². The van der Waals surface area contributed by atoms with Crippen molar-refractivity contribution >= 4 is 17.3 Å². The summed E-state index contributed by atoms with van der Waals surface area (Å²) in [4.78, 5) is 12.2. The van der Waals surface area contributed by atoms with E-state index < -0.39 is 0 Å². The van der Waals surface area contributed by atoms with Gasteiger partial charge in [-0.3, -0.25) is 4.79 Å². The van der Waals surface area contributed by atoms with Gasteiger partial charge in [-0.2, -0.15) is 0 Å². The van der Waals surface area contributed by atoms with Gasteiger partial charge >= 0.3 is 0 Å². The first-order valence-electron chi connectivity index (χ1n) is 7.68. The number of rotatable bonds is 5. The normalized spacial score (nSPS) is 10.6. The minimum atomic E-state index is -0.0317. The number of amides is 1. The summed E-state index contributed by atoms with van der Waals surface area (Å²) in [6.45, 7) is 8.60. The first-order chi connectivity index (χ1) is 10.5. The van der Waals surface area contributed by atoms with E-state index in [1.807, 2.05) is 50.2 Å². The Hall–Kier alpha value is -2.29. The van der Waals surface area contributed by atoms with Gasteiger partial charge in [0.15, 0.2) is 0 Å². The number of aryl methyl sites for hydroxylation is 2. The van der Waals surface area contributed by atoms with Crippen molar-refractivity contribution in [1.29, 1.82) is 0 Å². The zero-order valence-electron chi connectivity index (χ0n) is 13.7. The van der Waals surface area contributed by atoms with Crippen LogP contribution < -0.4 is 10.6 Å². The van der Waals surface area contributed by atoms with Gasteiger partial charge in [-0.05, 0) is 42.5 Å². The van der Waals surface area contributed by atoms with Gasteiger partial charge in [-0.15, -0.1) is 0 Å². The highest BCUT2D eigenvalue weighted by atomic mass is 16.1. The molecule has 2 N–H and O–H groups in total. The lowest BCUT2D eigenvalue weighted by molar-refractivity contribution is -0.114. The Bertz CT molecular complexity index is 642. The summed E-state index contributed by atoms with van der Waals surface area (Å²) in [5, 5.41) is 6.24. The second-order valence-electron chi connectivity index (χ2n) is 5.91. The van der Waals surface area contributed by atoms with Crippen LogP contribution in [0.15, 0.2) is 42.5 Å². The summed E-state index contributed by atoms with van der Waals surface area (Å²) in [5.41, 5.74) is 5.38. The summed E-state index contributed by atoms with van der Waals surface area (Å²) in [6.07, 6.45) is 0. The number of nitrogens with one attached hydrogen (secondary N) is 2. The standard InChI is InChI=1S/C19H24N2O/c1-13(2)16-10-5-6-11-17(16)21-18(22)12-20-19-14(3)8-7-9-15(19)4/h5-11,13,20H,12H2,1-4H3,(H,21,22). The van der Waals surface area contributed by atoms with Crippen molar-refractivity contribution in [3.05, 3.63) is 59.2 Å². The van der Waals surface area contributed by atoms with E-state index in [4.69, 9.17) is 0 Å². The smallest absolute Gasteiger partial charge is 0.243 e. The van der Waals surface area contributed by atoms with E-state index in [9.17, 15) is 4.79 Å². The molecule has 2 aromatic carbocycles. The molecule has 0 aliphatic heterocycles. The van der Waals surface area contributed by atoms with Gasteiger partial charge in [0.2, 0.25) is 5.91 Å². The maximum atomic E-state index is 12.2. The van der Waals surface area contributed by atoms with Crippen molar-refractivity contribution < 1.29 is 4.79 Å². The molecule has 0 saturated carbocycles. The molecule has 2 rings (SSSR count). The summed E-state index contributed by atoms with van der Waals surface area (Å²) >= 11 is 0. The van der Waals surface area contributed by atoms with Crippen molar-refractivity contribution in [2.24, 2.45) is 0 Å². The molecule has 0 heterocycles. The first-order valence-corrected chi connectivity index (χ1v) is 7.68. The van der Waals surface area contributed by atoms with Crippen LogP contribution in [0.2, 0.25) is 0 Å². The van der Waals surface area contributed by atoms with Crippen molar-refractivity contribution in [3.8, 4) is 0 Å². The van der Waals surface area contributed by atoms with Gasteiger partial charge in [0.05, 0.1) is 6.54 Å². The van der Waals surface area contributed by atoms with Crippen LogP contribution in [-0.2, 0) is 4.79 Å². The van der Waals surface area contributed by atoms with E-state index in [-0.39, 0.29) is 12.5 Å². The number of hydrogen-bond acceptors (Lipinski definition) is 2. The lowest BCUT2D eigenvalue weighted by Crippen LogP contribution is -2.23. The molecule has 116 valence electrons. The van der Waals surface area contributed by atoms with Gasteiger partial charge in [0.1, 0.15) is 0 Å². The maximum Gasteiger partial charge on any atom is 0.243 e. The number of benzene rings is 2. The third-order valence-corrected chi connectivity index (χ3v) is 3.76. The van der Waals surface area contributed by atoms with Crippen LogP contribution in [0.4, 0.5) is 11.4 Å². The molecule has 0 aliphatic carbocycles. The van der Waals surface area contributed by atoms with Crippen LogP contribution in [0.1, 0.15) is 36.5 Å². The molecule has 0 fully saturated rings. The Morgan fingerprint density at radius 1 is 1.00 bits per heavy atom. The maximum absolute atomic E-state index is 12.2. The molecule has 0 aromatic heterocycles. The van der Waals surface area contributed by atoms with E-state index >= 15 is 0 Å². The fraction of sp³-hybridized carbons (Fsp3) is 0.316. The Morgan fingerprint density at radius 3 is 2.27 bits per heavy atom. The SMILES string of the molecule is Cc1cccc(C)c1NCC(=O)Nc1ccccc1C(C)C. The van der Waals surface area contributed by atoms with Gasteiger partial charge in [-0.25, -0.2) is 0 Å². The molecule has 1 amide bonds. The Kier molecular flexibility index (Phi) is 5.21. The molecule has 3 nitrogen and oxygen atoms in total. The van der Waals surface area contributed by atoms with Crippen LogP contribution in [0, 0.1) is 13.8 Å². The second kappa shape index (κ2) is 7.12. The largest absolute Gasteiger partial charge is 0.376 e. The molecule has 3 heteroatoms. The molecule has 0 radical (unpaired) electrons. The van der Waals surface area contributed by atoms with Crippen LogP contribution in [0.5, 0.6) is 0 Å². The lowest BCUT2D eigenvalue weighted by atomic mass is 10.0. The van der Waals surface area contributed by atoms with Gasteiger partial charge in [-0.1, -0.05) is 50.2 Å². The van der Waals surface area contributed by atoms with Crippen molar-refractivity contribution in [1.82, 2.24) is 0 Å². The predicted octanol–water partition coefficient (Wildman–Crippen LogP) is 4.48. The number of anilines is 2. The lowest BCUT2D eigenvalue weighted by Gasteiger charge is -2.15. The Morgan fingerprint density at radius 2 is 1.64 bits per heavy atom. The molecule has 0 atom stereocenters. The highest BCUT2D eigenvalue weighted by molar-refractivity contribution is 5.94. The average molecular weight is 296 g/mol. The zero-order valence-corrected chi connectivity index (χ0v) is 13.7. The molecule has 0 spiro atoms. The fourth-order valence-electron chi connectivity index (χ4n) is 2.57. The average Bonchev–Trinajstić information content (AvgIpc) is 2.47. The van der Waals surface area contributed by atoms with Crippen LogP contribution in [0.25, 0.3) is 0 Å². The molecule has 22 heavy (non-hydrogen) atoms. The van der Waals surface area contributed by atoms with E-state index in [2.05, 4.69) is 30.5 Å².